The zero-order chi connectivity index (χ0) is 26.6. The molecule has 9 atom stereocenters. The Morgan fingerprint density at radius 1 is 0.917 bits per heavy atom. The van der Waals surface area contributed by atoms with Crippen molar-refractivity contribution in [1.82, 2.24) is 0 Å². The quantitative estimate of drug-likeness (QED) is 0.175. The number of rotatable bonds is 8. The van der Waals surface area contributed by atoms with Crippen molar-refractivity contribution in [3.8, 4) is 0 Å². The van der Waals surface area contributed by atoms with Gasteiger partial charge in [-0.2, -0.15) is 4.99 Å². The lowest BCUT2D eigenvalue weighted by atomic mass is 9.83. The number of esters is 5. The third-order valence-electron chi connectivity index (χ3n) is 5.85. The van der Waals surface area contributed by atoms with E-state index >= 15 is 0 Å². The molecule has 2 aliphatic heterocycles. The summed E-state index contributed by atoms with van der Waals surface area (Å²) in [5.41, 5.74) is 0. The minimum atomic E-state index is -1.47. The number of hydrogen-bond acceptors (Lipinski definition) is 14. The molecule has 0 unspecified atom stereocenters. The van der Waals surface area contributed by atoms with Gasteiger partial charge in [0, 0.05) is 34.1 Å². The summed E-state index contributed by atoms with van der Waals surface area (Å²) in [7, 11) is 0. The average molecular weight is 513 g/mol. The van der Waals surface area contributed by atoms with E-state index in [1.807, 2.05) is 0 Å². The van der Waals surface area contributed by atoms with Crippen LogP contribution >= 0.6 is 0 Å². The first kappa shape index (κ1) is 27.2. The van der Waals surface area contributed by atoms with Crippen LogP contribution in [0.5, 0.6) is 0 Å². The van der Waals surface area contributed by atoms with Gasteiger partial charge in [0.2, 0.25) is 6.08 Å². The summed E-state index contributed by atoms with van der Waals surface area (Å²) in [5.74, 6) is -4.30. The van der Waals surface area contributed by atoms with E-state index in [0.717, 1.165) is 27.7 Å². The van der Waals surface area contributed by atoms with Crippen molar-refractivity contribution in [3.05, 3.63) is 0 Å². The number of aliphatic imine (C=N–C) groups is 1. The molecule has 2 saturated heterocycles. The van der Waals surface area contributed by atoms with Crippen LogP contribution in [0.3, 0.4) is 0 Å². The first-order chi connectivity index (χ1) is 17.0. The Labute approximate surface area is 205 Å². The molecule has 2 bridgehead atoms. The maximum absolute atomic E-state index is 12.2. The third-order valence-corrected chi connectivity index (χ3v) is 5.85. The van der Waals surface area contributed by atoms with Gasteiger partial charge in [0.05, 0.1) is 12.0 Å². The Morgan fingerprint density at radius 2 is 1.53 bits per heavy atom. The average Bonchev–Trinajstić information content (AvgIpc) is 3.07. The lowest BCUT2D eigenvalue weighted by Gasteiger charge is -2.45. The smallest absolute Gasteiger partial charge is 0.311 e. The molecule has 1 aliphatic carbocycles. The molecule has 0 spiro atoms. The molecule has 3 aliphatic rings. The number of fused-ring (bicyclic) bond motifs is 2. The molecule has 0 amide bonds. The van der Waals surface area contributed by atoms with Crippen molar-refractivity contribution in [2.45, 2.75) is 89.5 Å². The van der Waals surface area contributed by atoms with Gasteiger partial charge in [-0.15, -0.1) is 0 Å². The normalized spacial score (nSPS) is 35.0. The zero-order valence-electron chi connectivity index (χ0n) is 20.1. The molecular weight excluding hydrogens is 486 g/mol. The van der Waals surface area contributed by atoms with Crippen LogP contribution in [0.15, 0.2) is 4.99 Å². The second-order valence-electron chi connectivity index (χ2n) is 8.59. The van der Waals surface area contributed by atoms with Gasteiger partial charge in [0.1, 0.15) is 24.9 Å². The van der Waals surface area contributed by atoms with Gasteiger partial charge < -0.3 is 33.2 Å². The van der Waals surface area contributed by atoms with E-state index in [0.29, 0.717) is 6.42 Å². The minimum absolute atomic E-state index is 0.144. The monoisotopic (exact) mass is 513 g/mol. The van der Waals surface area contributed by atoms with E-state index in [1.54, 1.807) is 0 Å². The van der Waals surface area contributed by atoms with Crippen LogP contribution in [0.25, 0.3) is 0 Å². The van der Waals surface area contributed by atoms with Gasteiger partial charge in [-0.25, -0.2) is 4.79 Å². The van der Waals surface area contributed by atoms with Crippen LogP contribution in [0.1, 0.15) is 40.5 Å². The van der Waals surface area contributed by atoms with Crippen molar-refractivity contribution in [2.75, 3.05) is 6.61 Å². The molecule has 2 heterocycles. The molecule has 0 aromatic heterocycles. The fourth-order valence-corrected chi connectivity index (χ4v) is 4.60. The number of carbonyl (C=O) groups excluding carboxylic acids is 6. The molecule has 14 heteroatoms. The standard InChI is InChI=1S/C22H27NO13/c1-9(25)30-7-16-18(31-10(2)26)19(32-11(3)27)20(33-12(4)28)22(36-16)35-15-6-13-5-14(21(29)34-13)17(15)23-8-24/h13-20,22H,5-7H2,1-4H3/t13-,14+,15-,16+,17+,18+,19-,20+,22+/m0/s1. The summed E-state index contributed by atoms with van der Waals surface area (Å²) in [6.07, 6.45) is -6.36. The van der Waals surface area contributed by atoms with Crippen LogP contribution in [0, 0.1) is 5.92 Å². The fraction of sp³-hybridized carbons (Fsp3) is 0.727. The maximum Gasteiger partial charge on any atom is 0.311 e. The predicted octanol–water partition coefficient (Wildman–Crippen LogP) is -0.505. The second-order valence-corrected chi connectivity index (χ2v) is 8.59. The van der Waals surface area contributed by atoms with E-state index in [1.165, 1.54) is 6.08 Å². The predicted molar refractivity (Wildman–Crippen MR) is 111 cm³/mol. The highest BCUT2D eigenvalue weighted by Crippen LogP contribution is 2.40. The summed E-state index contributed by atoms with van der Waals surface area (Å²) >= 11 is 0. The number of isocyanates is 1. The molecule has 3 rings (SSSR count). The van der Waals surface area contributed by atoms with Gasteiger partial charge >= 0.3 is 29.8 Å². The Balaban J connectivity index is 1.97. The summed E-state index contributed by atoms with van der Waals surface area (Å²) in [4.78, 5) is 74.1. The number of carbonyl (C=O) groups is 5. The highest BCUT2D eigenvalue weighted by Gasteiger charge is 2.56. The van der Waals surface area contributed by atoms with Gasteiger partial charge in [-0.05, 0) is 6.42 Å². The molecular formula is C22H27NO13. The van der Waals surface area contributed by atoms with Crippen molar-refractivity contribution in [1.29, 1.82) is 0 Å². The molecule has 0 aromatic rings. The lowest BCUT2D eigenvalue weighted by Crippen LogP contribution is -2.64. The molecule has 198 valence electrons. The molecule has 0 N–H and O–H groups in total. The maximum atomic E-state index is 12.2. The van der Waals surface area contributed by atoms with Gasteiger partial charge in [0.25, 0.3) is 0 Å². The fourth-order valence-electron chi connectivity index (χ4n) is 4.60. The minimum Gasteiger partial charge on any atom is -0.463 e. The molecule has 0 radical (unpaired) electrons. The molecule has 0 aromatic carbocycles. The van der Waals surface area contributed by atoms with E-state index < -0.39 is 91.3 Å². The molecule has 14 nitrogen and oxygen atoms in total. The Hall–Kier alpha value is -3.35. The molecule has 3 fully saturated rings. The van der Waals surface area contributed by atoms with Gasteiger partial charge in [-0.3, -0.25) is 24.0 Å². The first-order valence-electron chi connectivity index (χ1n) is 11.2. The highest BCUT2D eigenvalue weighted by molar-refractivity contribution is 5.76. The summed E-state index contributed by atoms with van der Waals surface area (Å²) in [6, 6.07) is -0.958. The second kappa shape index (κ2) is 11.6. The van der Waals surface area contributed by atoms with Crippen LogP contribution in [-0.4, -0.2) is 91.5 Å². The summed E-state index contributed by atoms with van der Waals surface area (Å²) in [5, 5.41) is 0. The summed E-state index contributed by atoms with van der Waals surface area (Å²) < 4.78 is 38.3. The van der Waals surface area contributed by atoms with Gasteiger partial charge in [-0.1, -0.05) is 0 Å². The Kier molecular flexibility index (Phi) is 8.77. The summed E-state index contributed by atoms with van der Waals surface area (Å²) in [6.45, 7) is 4.03. The topological polar surface area (TPSA) is 179 Å². The van der Waals surface area contributed by atoms with Gasteiger partial charge in [0.15, 0.2) is 24.6 Å². The lowest BCUT2D eigenvalue weighted by molar-refractivity contribution is -0.320. The Morgan fingerprint density at radius 3 is 2.11 bits per heavy atom. The van der Waals surface area contributed by atoms with E-state index in [-0.39, 0.29) is 6.42 Å². The van der Waals surface area contributed by atoms with E-state index in [9.17, 15) is 28.8 Å². The van der Waals surface area contributed by atoms with E-state index in [4.69, 9.17) is 33.2 Å². The van der Waals surface area contributed by atoms with Crippen molar-refractivity contribution in [2.24, 2.45) is 10.9 Å². The Bertz CT molecular complexity index is 944. The van der Waals surface area contributed by atoms with Crippen LogP contribution < -0.4 is 0 Å². The third kappa shape index (κ3) is 6.45. The van der Waals surface area contributed by atoms with E-state index in [2.05, 4.69) is 4.99 Å². The van der Waals surface area contributed by atoms with Crippen molar-refractivity contribution < 1.29 is 61.9 Å². The zero-order valence-corrected chi connectivity index (χ0v) is 20.1. The number of nitrogens with zero attached hydrogens (tertiary/aromatic N) is 1. The van der Waals surface area contributed by atoms with Crippen molar-refractivity contribution in [3.63, 3.8) is 0 Å². The first-order valence-corrected chi connectivity index (χ1v) is 11.2. The number of ether oxygens (including phenoxy) is 7. The van der Waals surface area contributed by atoms with Crippen LogP contribution in [0.2, 0.25) is 0 Å². The van der Waals surface area contributed by atoms with Crippen molar-refractivity contribution >= 4 is 35.9 Å². The van der Waals surface area contributed by atoms with Crippen LogP contribution in [-0.2, 0) is 61.9 Å². The number of hydrogen-bond donors (Lipinski definition) is 0. The van der Waals surface area contributed by atoms with Crippen LogP contribution in [0.4, 0.5) is 0 Å². The molecule has 1 saturated carbocycles. The SMILES string of the molecule is CC(=O)OC[C@H]1O[C@@H](O[C@H]2C[C@@H]3C[C@@H](C(=O)O3)[C@H]2N=C=O)[C@H](OC(C)=O)[C@@H](OC(C)=O)[C@@H]1OC(C)=O. The molecule has 36 heavy (non-hydrogen) atoms. The largest absolute Gasteiger partial charge is 0.463 e. The highest BCUT2D eigenvalue weighted by atomic mass is 16.7.